The highest BCUT2D eigenvalue weighted by molar-refractivity contribution is 6.35. The first-order chi connectivity index (χ1) is 10.4. The van der Waals surface area contributed by atoms with Gasteiger partial charge in [0.1, 0.15) is 0 Å². The monoisotopic (exact) mass is 306 g/mol. The number of carbonyl (C=O) groups excluding carboxylic acids is 2. The third kappa shape index (κ3) is 5.04. The molecule has 6 nitrogen and oxygen atoms in total. The number of nitrogens with one attached hydrogen (secondary N) is 2. The van der Waals surface area contributed by atoms with Crippen molar-refractivity contribution < 1.29 is 9.59 Å². The standard InChI is InChI=1S/C16H26N4O2/c1-6-17-15(21)16(22)18-11-14(20(4)5)12-7-9-13(10-8-12)19(2)3/h7-10,14H,6,11H2,1-5H3,(H,17,21)(H,18,22). The van der Waals surface area contributed by atoms with Crippen molar-refractivity contribution in [2.45, 2.75) is 13.0 Å². The van der Waals surface area contributed by atoms with Crippen LogP contribution < -0.4 is 15.5 Å². The molecule has 122 valence electrons. The SMILES string of the molecule is CCNC(=O)C(=O)NCC(c1ccc(N(C)C)cc1)N(C)C. The number of amides is 2. The number of likely N-dealkylation sites (N-methyl/N-ethyl adjacent to an activating group) is 2. The van der Waals surface area contributed by atoms with Crippen molar-refractivity contribution in [3.63, 3.8) is 0 Å². The average molecular weight is 306 g/mol. The van der Waals surface area contributed by atoms with Crippen molar-refractivity contribution >= 4 is 17.5 Å². The first-order valence-electron chi connectivity index (χ1n) is 7.36. The molecule has 0 saturated heterocycles. The van der Waals surface area contributed by atoms with Gasteiger partial charge in [0.15, 0.2) is 0 Å². The van der Waals surface area contributed by atoms with Crippen molar-refractivity contribution in [1.82, 2.24) is 15.5 Å². The van der Waals surface area contributed by atoms with E-state index in [1.54, 1.807) is 6.92 Å². The molecule has 1 atom stereocenters. The van der Waals surface area contributed by atoms with Crippen LogP contribution in [0.25, 0.3) is 0 Å². The van der Waals surface area contributed by atoms with Crippen LogP contribution >= 0.6 is 0 Å². The quantitative estimate of drug-likeness (QED) is 0.756. The zero-order valence-corrected chi connectivity index (χ0v) is 14.0. The van der Waals surface area contributed by atoms with Gasteiger partial charge < -0.3 is 20.4 Å². The van der Waals surface area contributed by atoms with E-state index < -0.39 is 11.8 Å². The first kappa shape index (κ1) is 18.0. The highest BCUT2D eigenvalue weighted by Gasteiger charge is 2.18. The van der Waals surface area contributed by atoms with Crippen LogP contribution in [-0.2, 0) is 9.59 Å². The molecule has 2 amide bonds. The molecule has 0 heterocycles. The number of hydrogen-bond acceptors (Lipinski definition) is 4. The highest BCUT2D eigenvalue weighted by atomic mass is 16.2. The summed E-state index contributed by atoms with van der Waals surface area (Å²) in [6.45, 7) is 2.60. The summed E-state index contributed by atoms with van der Waals surface area (Å²) in [5.41, 5.74) is 2.21. The number of hydrogen-bond donors (Lipinski definition) is 2. The molecule has 2 N–H and O–H groups in total. The molecule has 0 fully saturated rings. The Morgan fingerprint density at radius 3 is 2.00 bits per heavy atom. The third-order valence-corrected chi connectivity index (χ3v) is 3.42. The van der Waals surface area contributed by atoms with Crippen LogP contribution in [0.3, 0.4) is 0 Å². The number of carbonyl (C=O) groups is 2. The Bertz CT molecular complexity index is 497. The smallest absolute Gasteiger partial charge is 0.309 e. The minimum atomic E-state index is -0.599. The Labute approximate surface area is 132 Å². The summed E-state index contributed by atoms with van der Waals surface area (Å²) in [7, 11) is 7.88. The summed E-state index contributed by atoms with van der Waals surface area (Å²) in [6.07, 6.45) is 0. The second-order valence-corrected chi connectivity index (χ2v) is 5.53. The molecule has 0 spiro atoms. The number of nitrogens with zero attached hydrogens (tertiary/aromatic N) is 2. The topological polar surface area (TPSA) is 64.7 Å². The van der Waals surface area contributed by atoms with E-state index in [0.29, 0.717) is 13.1 Å². The number of rotatable bonds is 6. The Balaban J connectivity index is 2.73. The number of benzene rings is 1. The molecule has 0 aromatic heterocycles. The van der Waals surface area contributed by atoms with E-state index in [1.165, 1.54) is 0 Å². The van der Waals surface area contributed by atoms with Crippen molar-refractivity contribution in [2.75, 3.05) is 46.2 Å². The maximum absolute atomic E-state index is 11.7. The second kappa shape index (κ2) is 8.38. The third-order valence-electron chi connectivity index (χ3n) is 3.42. The first-order valence-corrected chi connectivity index (χ1v) is 7.36. The van der Waals surface area contributed by atoms with Gasteiger partial charge in [-0.3, -0.25) is 9.59 Å². The van der Waals surface area contributed by atoms with Gasteiger partial charge in [0, 0.05) is 32.9 Å². The van der Waals surface area contributed by atoms with Crippen LogP contribution in [0.15, 0.2) is 24.3 Å². The van der Waals surface area contributed by atoms with Gasteiger partial charge in [0.2, 0.25) is 0 Å². The molecule has 0 bridgehead atoms. The van der Waals surface area contributed by atoms with E-state index in [4.69, 9.17) is 0 Å². The highest BCUT2D eigenvalue weighted by Crippen LogP contribution is 2.20. The van der Waals surface area contributed by atoms with Gasteiger partial charge in [-0.25, -0.2) is 0 Å². The van der Waals surface area contributed by atoms with Gasteiger partial charge >= 0.3 is 11.8 Å². The van der Waals surface area contributed by atoms with Crippen LogP contribution in [0, 0.1) is 0 Å². The molecule has 1 aromatic rings. The molecule has 0 aliphatic rings. The molecular formula is C16H26N4O2. The predicted molar refractivity (Wildman–Crippen MR) is 88.9 cm³/mol. The van der Waals surface area contributed by atoms with E-state index in [9.17, 15) is 9.59 Å². The maximum Gasteiger partial charge on any atom is 0.309 e. The van der Waals surface area contributed by atoms with Crippen LogP contribution in [0.1, 0.15) is 18.5 Å². The molecule has 0 aliphatic carbocycles. The van der Waals surface area contributed by atoms with Crippen LogP contribution in [-0.4, -0.2) is 58.0 Å². The Morgan fingerprint density at radius 1 is 1.00 bits per heavy atom. The van der Waals surface area contributed by atoms with Gasteiger partial charge in [-0.05, 0) is 38.7 Å². The molecule has 0 radical (unpaired) electrons. The maximum atomic E-state index is 11.7. The molecule has 1 rings (SSSR count). The van der Waals surface area contributed by atoms with Crippen molar-refractivity contribution in [3.05, 3.63) is 29.8 Å². The van der Waals surface area contributed by atoms with Crippen LogP contribution in [0.4, 0.5) is 5.69 Å². The molecule has 0 saturated carbocycles. The van der Waals surface area contributed by atoms with E-state index in [1.807, 2.05) is 62.3 Å². The summed E-state index contributed by atoms with van der Waals surface area (Å²) in [6, 6.07) is 8.17. The summed E-state index contributed by atoms with van der Waals surface area (Å²) in [5.74, 6) is -1.19. The Kier molecular flexibility index (Phi) is 6.85. The van der Waals surface area contributed by atoms with Crippen molar-refractivity contribution in [1.29, 1.82) is 0 Å². The van der Waals surface area contributed by atoms with E-state index in [-0.39, 0.29) is 6.04 Å². The summed E-state index contributed by atoms with van der Waals surface area (Å²) < 4.78 is 0. The Hall–Kier alpha value is -2.08. The van der Waals surface area contributed by atoms with Gasteiger partial charge in [-0.1, -0.05) is 12.1 Å². The van der Waals surface area contributed by atoms with E-state index in [0.717, 1.165) is 11.3 Å². The lowest BCUT2D eigenvalue weighted by Gasteiger charge is -2.25. The second-order valence-electron chi connectivity index (χ2n) is 5.53. The molecule has 1 unspecified atom stereocenters. The lowest BCUT2D eigenvalue weighted by molar-refractivity contribution is -0.139. The summed E-state index contributed by atoms with van der Waals surface area (Å²) in [4.78, 5) is 27.2. The average Bonchev–Trinajstić information content (AvgIpc) is 2.47. The van der Waals surface area contributed by atoms with Crippen LogP contribution in [0.5, 0.6) is 0 Å². The Morgan fingerprint density at radius 2 is 1.55 bits per heavy atom. The van der Waals surface area contributed by atoms with Crippen molar-refractivity contribution in [2.24, 2.45) is 0 Å². The summed E-state index contributed by atoms with van der Waals surface area (Å²) in [5, 5.41) is 5.17. The molecule has 22 heavy (non-hydrogen) atoms. The molecule has 0 aliphatic heterocycles. The fourth-order valence-corrected chi connectivity index (χ4v) is 2.10. The lowest BCUT2D eigenvalue weighted by Crippen LogP contribution is -2.43. The molecule has 1 aromatic carbocycles. The van der Waals surface area contributed by atoms with Gasteiger partial charge in [-0.2, -0.15) is 0 Å². The van der Waals surface area contributed by atoms with Crippen molar-refractivity contribution in [3.8, 4) is 0 Å². The minimum absolute atomic E-state index is 0.00888. The molecule has 6 heteroatoms. The van der Waals surface area contributed by atoms with E-state index in [2.05, 4.69) is 10.6 Å². The zero-order valence-electron chi connectivity index (χ0n) is 14.0. The summed E-state index contributed by atoms with van der Waals surface area (Å²) >= 11 is 0. The van der Waals surface area contributed by atoms with Gasteiger partial charge in [0.05, 0.1) is 6.04 Å². The normalized spacial score (nSPS) is 11.9. The zero-order chi connectivity index (χ0) is 16.7. The number of anilines is 1. The largest absolute Gasteiger partial charge is 0.378 e. The van der Waals surface area contributed by atoms with Gasteiger partial charge in [0.25, 0.3) is 0 Å². The van der Waals surface area contributed by atoms with E-state index >= 15 is 0 Å². The fraction of sp³-hybridized carbons (Fsp3) is 0.500. The predicted octanol–water partition coefficient (Wildman–Crippen LogP) is 0.608. The molecular weight excluding hydrogens is 280 g/mol. The minimum Gasteiger partial charge on any atom is -0.378 e. The van der Waals surface area contributed by atoms with Gasteiger partial charge in [-0.15, -0.1) is 0 Å². The lowest BCUT2D eigenvalue weighted by atomic mass is 10.1. The van der Waals surface area contributed by atoms with Crippen LogP contribution in [0.2, 0.25) is 0 Å². The fourth-order valence-electron chi connectivity index (χ4n) is 2.10.